The Morgan fingerprint density at radius 1 is 1.37 bits per heavy atom. The van der Waals surface area contributed by atoms with Gasteiger partial charge in [-0.15, -0.1) is 0 Å². The van der Waals surface area contributed by atoms with Crippen molar-refractivity contribution < 1.29 is 19.4 Å². The maximum absolute atomic E-state index is 11.9. The van der Waals surface area contributed by atoms with Gasteiger partial charge in [0.25, 0.3) is 0 Å². The van der Waals surface area contributed by atoms with E-state index in [2.05, 4.69) is 5.32 Å². The van der Waals surface area contributed by atoms with Gasteiger partial charge in [-0.2, -0.15) is 0 Å². The first-order chi connectivity index (χ1) is 9.06. The van der Waals surface area contributed by atoms with Crippen molar-refractivity contribution in [3.8, 4) is 0 Å². The maximum atomic E-state index is 11.9. The minimum absolute atomic E-state index is 0.00772. The van der Waals surface area contributed by atoms with Crippen LogP contribution in [0.1, 0.15) is 29.3 Å². The highest BCUT2D eigenvalue weighted by molar-refractivity contribution is 5.87. The predicted octanol–water partition coefficient (Wildman–Crippen LogP) is 1.43. The number of amides is 1. The number of carbonyl (C=O) groups is 2. The zero-order chi connectivity index (χ0) is 13.8. The molecule has 102 valence electrons. The molecule has 0 spiro atoms. The molecule has 2 N–H and O–H groups in total. The number of carboxylic acids is 1. The van der Waals surface area contributed by atoms with Gasteiger partial charge in [-0.05, 0) is 31.0 Å². The van der Waals surface area contributed by atoms with Crippen molar-refractivity contribution in [2.75, 3.05) is 6.61 Å². The summed E-state index contributed by atoms with van der Waals surface area (Å²) in [6.07, 6.45) is 0.898. The Labute approximate surface area is 111 Å². The molecule has 0 bridgehead atoms. The van der Waals surface area contributed by atoms with E-state index in [0.717, 1.165) is 12.0 Å². The van der Waals surface area contributed by atoms with Crippen LogP contribution in [0.2, 0.25) is 0 Å². The van der Waals surface area contributed by atoms with Crippen molar-refractivity contribution >= 4 is 11.9 Å². The highest BCUT2D eigenvalue weighted by Gasteiger charge is 2.27. The van der Waals surface area contributed by atoms with Gasteiger partial charge in [-0.25, -0.2) is 4.79 Å². The Morgan fingerprint density at radius 2 is 2.05 bits per heavy atom. The van der Waals surface area contributed by atoms with Crippen molar-refractivity contribution in [3.63, 3.8) is 0 Å². The lowest BCUT2D eigenvalue weighted by atomic mass is 10.1. The first-order valence-corrected chi connectivity index (χ1v) is 6.28. The second-order valence-electron chi connectivity index (χ2n) is 4.80. The van der Waals surface area contributed by atoms with Gasteiger partial charge in [0.2, 0.25) is 5.91 Å². The summed E-state index contributed by atoms with van der Waals surface area (Å²) in [5.41, 5.74) is 1.12. The van der Waals surface area contributed by atoms with Crippen molar-refractivity contribution in [3.05, 3.63) is 35.4 Å². The van der Waals surface area contributed by atoms with Crippen LogP contribution in [0.5, 0.6) is 0 Å². The molecule has 2 rings (SSSR count). The summed E-state index contributed by atoms with van der Waals surface area (Å²) in [5.74, 6) is -1.03. The Kier molecular flexibility index (Phi) is 4.16. The summed E-state index contributed by atoms with van der Waals surface area (Å²) < 4.78 is 5.35. The van der Waals surface area contributed by atoms with E-state index in [0.29, 0.717) is 13.2 Å². The number of carboxylic acid groups (broad SMARTS) is 1. The zero-order valence-corrected chi connectivity index (χ0v) is 10.8. The topological polar surface area (TPSA) is 75.6 Å². The van der Waals surface area contributed by atoms with E-state index in [-0.39, 0.29) is 23.5 Å². The zero-order valence-electron chi connectivity index (χ0n) is 10.8. The number of benzene rings is 1. The van der Waals surface area contributed by atoms with E-state index >= 15 is 0 Å². The molecule has 0 aromatic heterocycles. The number of carbonyl (C=O) groups excluding carboxylic acids is 1. The fourth-order valence-corrected chi connectivity index (χ4v) is 2.10. The van der Waals surface area contributed by atoms with E-state index in [9.17, 15) is 9.59 Å². The van der Waals surface area contributed by atoms with Gasteiger partial charge in [0.05, 0.1) is 24.2 Å². The lowest BCUT2D eigenvalue weighted by Gasteiger charge is -2.09. The molecule has 1 saturated heterocycles. The molecule has 1 aromatic carbocycles. The molecule has 0 aliphatic carbocycles. The van der Waals surface area contributed by atoms with Gasteiger partial charge in [0.15, 0.2) is 0 Å². The third-order valence-electron chi connectivity index (χ3n) is 3.24. The third kappa shape index (κ3) is 3.54. The number of nitrogens with one attached hydrogen (secondary N) is 1. The Balaban J connectivity index is 1.85. The molecule has 0 radical (unpaired) electrons. The van der Waals surface area contributed by atoms with Gasteiger partial charge >= 0.3 is 5.97 Å². The summed E-state index contributed by atoms with van der Waals surface area (Å²) >= 11 is 0. The SMILES string of the molecule is CC1CC(C(=O)NCc2ccc(C(=O)O)cc2)CO1. The Morgan fingerprint density at radius 3 is 2.58 bits per heavy atom. The molecule has 2 unspecified atom stereocenters. The molecule has 1 amide bonds. The molecule has 1 heterocycles. The van der Waals surface area contributed by atoms with Crippen LogP contribution in [0.3, 0.4) is 0 Å². The van der Waals surface area contributed by atoms with Crippen molar-refractivity contribution in [1.82, 2.24) is 5.32 Å². The molecule has 1 aliphatic heterocycles. The second kappa shape index (κ2) is 5.84. The largest absolute Gasteiger partial charge is 0.478 e. The minimum Gasteiger partial charge on any atom is -0.478 e. The Bertz CT molecular complexity index is 469. The van der Waals surface area contributed by atoms with Gasteiger partial charge < -0.3 is 15.2 Å². The van der Waals surface area contributed by atoms with E-state index in [4.69, 9.17) is 9.84 Å². The minimum atomic E-state index is -0.951. The van der Waals surface area contributed by atoms with Crippen LogP contribution in [0.25, 0.3) is 0 Å². The number of hydrogen-bond acceptors (Lipinski definition) is 3. The highest BCUT2D eigenvalue weighted by Crippen LogP contribution is 2.19. The van der Waals surface area contributed by atoms with Crippen LogP contribution < -0.4 is 5.32 Å². The smallest absolute Gasteiger partial charge is 0.335 e. The number of hydrogen-bond donors (Lipinski definition) is 2. The van der Waals surface area contributed by atoms with Gasteiger partial charge in [0, 0.05) is 6.54 Å². The van der Waals surface area contributed by atoms with E-state index in [1.807, 2.05) is 6.92 Å². The van der Waals surface area contributed by atoms with Crippen LogP contribution in [0, 0.1) is 5.92 Å². The van der Waals surface area contributed by atoms with Gasteiger partial charge in [0.1, 0.15) is 0 Å². The Hall–Kier alpha value is -1.88. The molecule has 5 heteroatoms. The number of aromatic carboxylic acids is 1. The number of rotatable bonds is 4. The molecule has 5 nitrogen and oxygen atoms in total. The molecule has 2 atom stereocenters. The van der Waals surface area contributed by atoms with E-state index < -0.39 is 5.97 Å². The lowest BCUT2D eigenvalue weighted by Crippen LogP contribution is -2.30. The number of ether oxygens (including phenoxy) is 1. The molecular formula is C14H17NO4. The van der Waals surface area contributed by atoms with Crippen LogP contribution >= 0.6 is 0 Å². The van der Waals surface area contributed by atoms with Crippen molar-refractivity contribution in [2.45, 2.75) is 26.0 Å². The highest BCUT2D eigenvalue weighted by atomic mass is 16.5. The normalized spacial score (nSPS) is 22.2. The lowest BCUT2D eigenvalue weighted by molar-refractivity contribution is -0.125. The molecule has 19 heavy (non-hydrogen) atoms. The average Bonchev–Trinajstić information content (AvgIpc) is 2.83. The molecule has 1 aliphatic rings. The summed E-state index contributed by atoms with van der Waals surface area (Å²) in [4.78, 5) is 22.6. The first-order valence-electron chi connectivity index (χ1n) is 6.28. The quantitative estimate of drug-likeness (QED) is 0.861. The predicted molar refractivity (Wildman–Crippen MR) is 68.8 cm³/mol. The fourth-order valence-electron chi connectivity index (χ4n) is 2.10. The third-order valence-corrected chi connectivity index (χ3v) is 3.24. The summed E-state index contributed by atoms with van der Waals surface area (Å²) in [6.45, 7) is 2.84. The summed E-state index contributed by atoms with van der Waals surface area (Å²) in [6, 6.07) is 6.48. The maximum Gasteiger partial charge on any atom is 0.335 e. The van der Waals surface area contributed by atoms with Crippen LogP contribution in [0.4, 0.5) is 0 Å². The van der Waals surface area contributed by atoms with Gasteiger partial charge in [-0.3, -0.25) is 4.79 Å². The van der Waals surface area contributed by atoms with E-state index in [1.54, 1.807) is 12.1 Å². The second-order valence-corrected chi connectivity index (χ2v) is 4.80. The van der Waals surface area contributed by atoms with Crippen LogP contribution in [0.15, 0.2) is 24.3 Å². The van der Waals surface area contributed by atoms with Crippen LogP contribution in [-0.4, -0.2) is 29.7 Å². The summed E-state index contributed by atoms with van der Waals surface area (Å²) in [7, 11) is 0. The van der Waals surface area contributed by atoms with Crippen molar-refractivity contribution in [2.24, 2.45) is 5.92 Å². The average molecular weight is 263 g/mol. The van der Waals surface area contributed by atoms with Gasteiger partial charge in [-0.1, -0.05) is 12.1 Å². The standard InChI is InChI=1S/C14H17NO4/c1-9-6-12(8-19-9)13(16)15-7-10-2-4-11(5-3-10)14(17)18/h2-5,9,12H,6-8H2,1H3,(H,15,16)(H,17,18). The molecule has 0 saturated carbocycles. The monoisotopic (exact) mass is 263 g/mol. The first kappa shape index (κ1) is 13.5. The molecular weight excluding hydrogens is 246 g/mol. The van der Waals surface area contributed by atoms with Crippen molar-refractivity contribution in [1.29, 1.82) is 0 Å². The van der Waals surface area contributed by atoms with E-state index in [1.165, 1.54) is 12.1 Å². The fraction of sp³-hybridized carbons (Fsp3) is 0.429. The summed E-state index contributed by atoms with van der Waals surface area (Å²) in [5, 5.41) is 11.6. The molecule has 1 fully saturated rings. The van der Waals surface area contributed by atoms with Crippen LogP contribution in [-0.2, 0) is 16.1 Å². The molecule has 1 aromatic rings.